The molecule has 1 aliphatic carbocycles. The van der Waals surface area contributed by atoms with Crippen LogP contribution in [0.1, 0.15) is 128 Å². The van der Waals surface area contributed by atoms with Crippen LogP contribution in [0.5, 0.6) is 5.75 Å². The maximum absolute atomic E-state index is 14.4. The molecule has 71 heavy (non-hydrogen) atoms. The highest BCUT2D eigenvalue weighted by molar-refractivity contribution is 7.13. The fourth-order valence-electron chi connectivity index (χ4n) is 10.2. The number of carbonyl (C=O) groups excluding carboxylic acids is 5. The Balaban J connectivity index is 0.914. The van der Waals surface area contributed by atoms with Gasteiger partial charge < -0.3 is 35.1 Å². The molecule has 2 aliphatic rings. The quantitative estimate of drug-likeness (QED) is 0.0532. The summed E-state index contributed by atoms with van der Waals surface area (Å²) in [6.07, 6.45) is 1.70. The van der Waals surface area contributed by atoms with Crippen LogP contribution in [0, 0.1) is 40.4 Å². The van der Waals surface area contributed by atoms with E-state index in [-0.39, 0.29) is 78.5 Å². The number of likely N-dealkylation sites (tertiary alicyclic amines) is 1. The number of hydrogen-bond acceptors (Lipinski definition) is 12. The highest BCUT2D eigenvalue weighted by atomic mass is 35.5. The summed E-state index contributed by atoms with van der Waals surface area (Å²) in [7, 11) is 0. The molecule has 1 saturated carbocycles. The average molecular weight is 1010 g/mol. The maximum atomic E-state index is 14.4. The molecule has 4 aromatic rings. The topological polar surface area (TPSA) is 189 Å². The number of hydrogen-bond donors (Lipinski definition) is 3. The number of carbonyl (C=O) groups is 5. The van der Waals surface area contributed by atoms with Gasteiger partial charge in [0.25, 0.3) is 5.91 Å². The lowest BCUT2D eigenvalue weighted by atomic mass is 9.49. The van der Waals surface area contributed by atoms with Crippen LogP contribution in [-0.2, 0) is 28.7 Å². The van der Waals surface area contributed by atoms with Gasteiger partial charge in [0.15, 0.2) is 5.78 Å². The Morgan fingerprint density at radius 1 is 0.972 bits per heavy atom. The molecule has 6 rings (SSSR count). The molecule has 0 spiro atoms. The van der Waals surface area contributed by atoms with Gasteiger partial charge in [-0.25, -0.2) is 4.98 Å². The summed E-state index contributed by atoms with van der Waals surface area (Å²) in [6.45, 7) is 20.2. The highest BCUT2D eigenvalue weighted by Crippen LogP contribution is 2.55. The third kappa shape index (κ3) is 13.4. The number of ketones is 1. The summed E-state index contributed by atoms with van der Waals surface area (Å²) in [5, 5.41) is 19.3. The summed E-state index contributed by atoms with van der Waals surface area (Å²) >= 11 is 7.82. The molecule has 0 radical (unpaired) electrons. The number of unbranched alkanes of at least 4 members (excludes halogenated alkanes) is 2. The first kappa shape index (κ1) is 54.5. The van der Waals surface area contributed by atoms with E-state index in [1.165, 1.54) is 11.8 Å². The van der Waals surface area contributed by atoms with Crippen molar-refractivity contribution >= 4 is 58.1 Å². The molecule has 4 atom stereocenters. The van der Waals surface area contributed by atoms with Crippen molar-refractivity contribution in [2.45, 2.75) is 132 Å². The first-order chi connectivity index (χ1) is 33.5. The van der Waals surface area contributed by atoms with E-state index in [4.69, 9.17) is 25.8 Å². The third-order valence-electron chi connectivity index (χ3n) is 13.9. The Labute approximate surface area is 427 Å². The van der Waals surface area contributed by atoms with E-state index in [0.29, 0.717) is 35.1 Å². The number of aromatic nitrogens is 1. The minimum absolute atomic E-state index is 0.0539. The van der Waals surface area contributed by atoms with Crippen molar-refractivity contribution in [3.8, 4) is 22.3 Å². The van der Waals surface area contributed by atoms with Crippen LogP contribution >= 0.6 is 22.9 Å². The van der Waals surface area contributed by atoms with Gasteiger partial charge in [-0.3, -0.25) is 24.0 Å². The van der Waals surface area contributed by atoms with Gasteiger partial charge in [-0.15, -0.1) is 11.3 Å². The Morgan fingerprint density at radius 2 is 1.66 bits per heavy atom. The molecule has 16 heteroatoms. The van der Waals surface area contributed by atoms with Gasteiger partial charge in [0.05, 0.1) is 39.3 Å². The second-order valence-electron chi connectivity index (χ2n) is 21.2. The Hall–Kier alpha value is -5.82. The molecular weight excluding hydrogens is 940 g/mol. The molecular formula is C55H69ClN6O8S. The first-order valence-corrected chi connectivity index (χ1v) is 25.7. The van der Waals surface area contributed by atoms with E-state index in [1.807, 2.05) is 76.5 Å². The number of rotatable bonds is 21. The second kappa shape index (κ2) is 23.2. The minimum atomic E-state index is -0.886. The Kier molecular flexibility index (Phi) is 17.8. The van der Waals surface area contributed by atoms with Crippen LogP contribution in [0.15, 0.2) is 72.2 Å². The predicted octanol–water partition coefficient (Wildman–Crippen LogP) is 9.89. The Bertz CT molecular complexity index is 2570. The number of halogens is 1. The summed E-state index contributed by atoms with van der Waals surface area (Å²) < 4.78 is 17.7. The summed E-state index contributed by atoms with van der Waals surface area (Å²) in [5.74, 6) is -1.71. The van der Waals surface area contributed by atoms with Crippen LogP contribution in [0.25, 0.3) is 10.4 Å². The molecule has 380 valence electrons. The van der Waals surface area contributed by atoms with E-state index >= 15 is 0 Å². The zero-order valence-electron chi connectivity index (χ0n) is 42.7. The fraction of sp³-hybridized carbons (Fsp3) is 0.509. The predicted molar refractivity (Wildman–Crippen MR) is 276 cm³/mol. The molecule has 1 aliphatic heterocycles. The normalized spacial score (nSPS) is 19.9. The van der Waals surface area contributed by atoms with Crippen LogP contribution in [-0.4, -0.2) is 90.0 Å². The first-order valence-electron chi connectivity index (χ1n) is 24.4. The zero-order valence-corrected chi connectivity index (χ0v) is 44.2. The molecule has 0 bridgehead atoms. The van der Waals surface area contributed by atoms with Crippen molar-refractivity contribution in [3.63, 3.8) is 0 Å². The van der Waals surface area contributed by atoms with Crippen LogP contribution < -0.4 is 20.7 Å². The van der Waals surface area contributed by atoms with Crippen molar-refractivity contribution in [3.05, 3.63) is 99.6 Å². The molecule has 2 fully saturated rings. The number of amides is 3. The molecule has 14 nitrogen and oxygen atoms in total. The standard InChI is InChI=1S/C55H69ClN6O8S/c1-33(36-14-16-37(17-15-36)47-34(2)59-32-71-47)60-49(66)46-28-43(69-35(3)63)30-62(46)50(67)44(53(4,5)6)26-41(64)31-68-25-13-11-12-24-58-40-21-18-38(19-22-40)48(65)61-51-54(7,8)52(55(51,9)10)70-42-23-20-39(29-57)45(56)27-42/h14-23,27,32-33,43-44,46,51-52,58H,11-13,24-26,28,30-31H2,1-10H3,(H,60,66)(H,61,65)/t33-,43+,44?,46?,51?,52?/m0/s1. The minimum Gasteiger partial charge on any atom is -0.489 e. The highest BCUT2D eigenvalue weighted by Gasteiger charge is 2.64. The molecule has 3 aromatic carbocycles. The number of ether oxygens (including phenoxy) is 3. The lowest BCUT2D eigenvalue weighted by molar-refractivity contribution is -0.164. The third-order valence-corrected chi connectivity index (χ3v) is 15.2. The average Bonchev–Trinajstić information content (AvgIpc) is 3.95. The van der Waals surface area contributed by atoms with Gasteiger partial charge in [-0.2, -0.15) is 5.26 Å². The molecule has 3 N–H and O–H groups in total. The summed E-state index contributed by atoms with van der Waals surface area (Å²) in [6, 6.07) is 21.0. The maximum Gasteiger partial charge on any atom is 0.302 e. The molecule has 3 amide bonds. The van der Waals surface area contributed by atoms with Crippen molar-refractivity contribution in [2.24, 2.45) is 22.2 Å². The van der Waals surface area contributed by atoms with E-state index in [1.54, 1.807) is 41.7 Å². The van der Waals surface area contributed by atoms with Crippen molar-refractivity contribution in [1.82, 2.24) is 20.5 Å². The second-order valence-corrected chi connectivity index (χ2v) is 22.4. The van der Waals surface area contributed by atoms with Gasteiger partial charge in [-0.05, 0) is 86.1 Å². The van der Waals surface area contributed by atoms with Gasteiger partial charge in [0.2, 0.25) is 11.8 Å². The lowest BCUT2D eigenvalue weighted by Gasteiger charge is -2.63. The van der Waals surface area contributed by atoms with Crippen molar-refractivity contribution in [1.29, 1.82) is 5.26 Å². The van der Waals surface area contributed by atoms with Crippen LogP contribution in [0.4, 0.5) is 5.69 Å². The Morgan fingerprint density at radius 3 is 2.27 bits per heavy atom. The molecule has 1 saturated heterocycles. The smallest absolute Gasteiger partial charge is 0.302 e. The number of nitrogens with one attached hydrogen (secondary N) is 3. The molecule has 2 heterocycles. The van der Waals surface area contributed by atoms with Gasteiger partial charge in [0, 0.05) is 73.0 Å². The van der Waals surface area contributed by atoms with Crippen LogP contribution in [0.2, 0.25) is 5.02 Å². The van der Waals surface area contributed by atoms with E-state index in [2.05, 4.69) is 54.7 Å². The number of esters is 1. The number of anilines is 1. The van der Waals surface area contributed by atoms with E-state index in [9.17, 15) is 29.2 Å². The number of Topliss-reactive ketones (excluding diaryl/α,β-unsaturated/α-hetero) is 1. The summed E-state index contributed by atoms with van der Waals surface area (Å²) in [5.41, 5.74) is 5.17. The van der Waals surface area contributed by atoms with Crippen molar-refractivity contribution in [2.75, 3.05) is 31.6 Å². The fourth-order valence-corrected chi connectivity index (χ4v) is 11.3. The number of nitrogens with zero attached hydrogens (tertiary/aromatic N) is 3. The van der Waals surface area contributed by atoms with Crippen LogP contribution in [0.3, 0.4) is 0 Å². The molecule has 2 unspecified atom stereocenters. The monoisotopic (exact) mass is 1010 g/mol. The van der Waals surface area contributed by atoms with E-state index < -0.39 is 29.4 Å². The number of aryl methyl sites for hydroxylation is 1. The number of nitriles is 1. The number of benzene rings is 3. The number of thiazole rings is 1. The largest absolute Gasteiger partial charge is 0.489 e. The SMILES string of the molecule is CC(=O)O[C@@H]1CC(C(=O)N[C@@H](C)c2ccc(-c3scnc3C)cc2)N(C(=O)C(CC(=O)COCCCCCNc2ccc(C(=O)NC3C(C)(C)C(Oc4ccc(C#N)c(Cl)c4)C3(C)C)cc2)C(C)(C)C)C1. The molecule has 1 aromatic heterocycles. The van der Waals surface area contributed by atoms with Gasteiger partial charge in [0.1, 0.15) is 36.7 Å². The summed E-state index contributed by atoms with van der Waals surface area (Å²) in [4.78, 5) is 73.9. The van der Waals surface area contributed by atoms with Gasteiger partial charge >= 0.3 is 5.97 Å². The lowest BCUT2D eigenvalue weighted by Crippen LogP contribution is -2.74. The van der Waals surface area contributed by atoms with E-state index in [0.717, 1.165) is 46.6 Å². The van der Waals surface area contributed by atoms with Gasteiger partial charge in [-0.1, -0.05) is 84.3 Å². The van der Waals surface area contributed by atoms with Crippen molar-refractivity contribution < 1.29 is 38.2 Å². The zero-order chi connectivity index (χ0) is 51.8.